The predicted octanol–water partition coefficient (Wildman–Crippen LogP) is 1.74. The van der Waals surface area contributed by atoms with Gasteiger partial charge in [0.1, 0.15) is 11.6 Å². The molecule has 0 aliphatic carbocycles. The molecule has 1 atom stereocenters. The second-order valence-corrected chi connectivity index (χ2v) is 6.19. The molecule has 1 aromatic rings. The number of carbonyl (C=O) groups is 1. The number of amides is 1. The van der Waals surface area contributed by atoms with E-state index in [1.807, 2.05) is 0 Å². The van der Waals surface area contributed by atoms with Crippen molar-refractivity contribution in [1.29, 1.82) is 0 Å². The Morgan fingerprint density at radius 2 is 2.04 bits per heavy atom. The standard InChI is InChI=1S/C17H22FNO4/c18-13-3-5-14(6-4-13)22-12-16(21)19-9-7-17(8-10-19)15(20)2-1-11-23-17/h3-6,15,20H,1-2,7-12H2/t15-/m0/s1. The first-order valence-electron chi connectivity index (χ1n) is 8.07. The largest absolute Gasteiger partial charge is 0.484 e. The van der Waals surface area contributed by atoms with Crippen molar-refractivity contribution in [2.75, 3.05) is 26.3 Å². The van der Waals surface area contributed by atoms with Gasteiger partial charge in [0.15, 0.2) is 6.61 Å². The summed E-state index contributed by atoms with van der Waals surface area (Å²) in [5.74, 6) is 0.0322. The number of benzene rings is 1. The maximum Gasteiger partial charge on any atom is 0.260 e. The monoisotopic (exact) mass is 323 g/mol. The number of carbonyl (C=O) groups excluding carboxylic acids is 1. The average molecular weight is 323 g/mol. The van der Waals surface area contributed by atoms with Crippen molar-refractivity contribution in [2.24, 2.45) is 0 Å². The van der Waals surface area contributed by atoms with E-state index < -0.39 is 11.7 Å². The highest BCUT2D eigenvalue weighted by Gasteiger charge is 2.44. The van der Waals surface area contributed by atoms with Crippen LogP contribution in [0.25, 0.3) is 0 Å². The Balaban J connectivity index is 1.49. The van der Waals surface area contributed by atoms with Crippen LogP contribution in [0.4, 0.5) is 4.39 Å². The minimum Gasteiger partial charge on any atom is -0.484 e. The Labute approximate surface area is 135 Å². The number of likely N-dealkylation sites (tertiary alicyclic amines) is 1. The Kier molecular flexibility index (Phi) is 4.82. The van der Waals surface area contributed by atoms with Crippen LogP contribution in [-0.2, 0) is 9.53 Å². The second-order valence-electron chi connectivity index (χ2n) is 6.19. The number of nitrogens with zero attached hydrogens (tertiary/aromatic N) is 1. The van der Waals surface area contributed by atoms with Gasteiger partial charge in [0, 0.05) is 19.7 Å². The molecule has 1 amide bonds. The summed E-state index contributed by atoms with van der Waals surface area (Å²) in [4.78, 5) is 14.0. The Morgan fingerprint density at radius 1 is 1.35 bits per heavy atom. The van der Waals surface area contributed by atoms with Crippen molar-refractivity contribution >= 4 is 5.91 Å². The normalized spacial score (nSPS) is 23.7. The minimum absolute atomic E-state index is 0.0674. The average Bonchev–Trinajstić information content (AvgIpc) is 2.58. The van der Waals surface area contributed by atoms with E-state index in [4.69, 9.17) is 9.47 Å². The summed E-state index contributed by atoms with van der Waals surface area (Å²) in [6.45, 7) is 1.73. The van der Waals surface area contributed by atoms with E-state index in [2.05, 4.69) is 0 Å². The number of ether oxygens (including phenoxy) is 2. The zero-order chi connectivity index (χ0) is 16.3. The van der Waals surface area contributed by atoms with Gasteiger partial charge in [0.2, 0.25) is 0 Å². The molecule has 2 aliphatic heterocycles. The third-order valence-corrected chi connectivity index (χ3v) is 4.76. The fourth-order valence-electron chi connectivity index (χ4n) is 3.29. The molecule has 2 aliphatic rings. The smallest absolute Gasteiger partial charge is 0.260 e. The lowest BCUT2D eigenvalue weighted by molar-refractivity contribution is -0.180. The zero-order valence-corrected chi connectivity index (χ0v) is 13.0. The Bertz CT molecular complexity index is 540. The molecule has 2 saturated heterocycles. The molecule has 6 heteroatoms. The molecule has 1 aromatic carbocycles. The highest BCUT2D eigenvalue weighted by molar-refractivity contribution is 5.77. The number of hydrogen-bond donors (Lipinski definition) is 1. The van der Waals surface area contributed by atoms with Crippen molar-refractivity contribution in [3.05, 3.63) is 30.1 Å². The molecule has 2 fully saturated rings. The number of rotatable bonds is 3. The lowest BCUT2D eigenvalue weighted by Crippen LogP contribution is -2.56. The van der Waals surface area contributed by atoms with Gasteiger partial charge in [-0.15, -0.1) is 0 Å². The molecule has 1 spiro atoms. The van der Waals surface area contributed by atoms with Gasteiger partial charge in [-0.2, -0.15) is 0 Å². The first-order valence-corrected chi connectivity index (χ1v) is 8.07. The second kappa shape index (κ2) is 6.84. The van der Waals surface area contributed by atoms with Crippen molar-refractivity contribution < 1.29 is 23.8 Å². The van der Waals surface area contributed by atoms with Crippen molar-refractivity contribution in [3.8, 4) is 5.75 Å². The van der Waals surface area contributed by atoms with Crippen LogP contribution in [-0.4, -0.2) is 53.9 Å². The number of piperidine rings is 1. The lowest BCUT2D eigenvalue weighted by atomic mass is 9.82. The zero-order valence-electron chi connectivity index (χ0n) is 13.0. The van der Waals surface area contributed by atoms with Crippen LogP contribution in [0.3, 0.4) is 0 Å². The maximum atomic E-state index is 12.8. The molecule has 0 saturated carbocycles. The van der Waals surface area contributed by atoms with E-state index in [1.165, 1.54) is 24.3 Å². The van der Waals surface area contributed by atoms with E-state index in [1.54, 1.807) is 4.90 Å². The fraction of sp³-hybridized carbons (Fsp3) is 0.588. The van der Waals surface area contributed by atoms with Crippen LogP contribution in [0.5, 0.6) is 5.75 Å². The SMILES string of the molecule is O=C(COc1ccc(F)cc1)N1CCC2(CC1)OCCC[C@@H]2O. The van der Waals surface area contributed by atoms with Crippen LogP contribution in [0.2, 0.25) is 0 Å². The van der Waals surface area contributed by atoms with Gasteiger partial charge < -0.3 is 19.5 Å². The third kappa shape index (κ3) is 3.64. The molecular formula is C17H22FNO4. The molecule has 2 heterocycles. The molecule has 0 unspecified atom stereocenters. The van der Waals surface area contributed by atoms with Crippen molar-refractivity contribution in [3.63, 3.8) is 0 Å². The van der Waals surface area contributed by atoms with Crippen molar-refractivity contribution in [2.45, 2.75) is 37.4 Å². The van der Waals surface area contributed by atoms with Gasteiger partial charge in [0.25, 0.3) is 5.91 Å². The molecule has 1 N–H and O–H groups in total. The van der Waals surface area contributed by atoms with Gasteiger partial charge in [-0.3, -0.25) is 4.79 Å². The highest BCUT2D eigenvalue weighted by Crippen LogP contribution is 2.35. The van der Waals surface area contributed by atoms with Crippen LogP contribution < -0.4 is 4.74 Å². The summed E-state index contributed by atoms with van der Waals surface area (Å²) < 4.78 is 24.0. The van der Waals surface area contributed by atoms with Gasteiger partial charge in [-0.25, -0.2) is 4.39 Å². The maximum absolute atomic E-state index is 12.8. The van der Waals surface area contributed by atoms with Crippen LogP contribution in [0.1, 0.15) is 25.7 Å². The van der Waals surface area contributed by atoms with E-state index in [0.717, 1.165) is 12.8 Å². The third-order valence-electron chi connectivity index (χ3n) is 4.76. The molecule has 5 nitrogen and oxygen atoms in total. The summed E-state index contributed by atoms with van der Waals surface area (Å²) in [5, 5.41) is 10.2. The Morgan fingerprint density at radius 3 is 2.70 bits per heavy atom. The Hall–Kier alpha value is -1.66. The van der Waals surface area contributed by atoms with Crippen molar-refractivity contribution in [1.82, 2.24) is 4.90 Å². The minimum atomic E-state index is -0.479. The number of aliphatic hydroxyl groups is 1. The number of halogens is 1. The highest BCUT2D eigenvalue weighted by atomic mass is 19.1. The molecular weight excluding hydrogens is 301 g/mol. The molecule has 0 bridgehead atoms. The molecule has 0 radical (unpaired) electrons. The fourth-order valence-corrected chi connectivity index (χ4v) is 3.29. The first kappa shape index (κ1) is 16.2. The summed E-state index contributed by atoms with van der Waals surface area (Å²) >= 11 is 0. The van der Waals surface area contributed by atoms with Gasteiger partial charge in [0.05, 0.1) is 11.7 Å². The predicted molar refractivity (Wildman–Crippen MR) is 81.6 cm³/mol. The van der Waals surface area contributed by atoms with Crippen LogP contribution in [0.15, 0.2) is 24.3 Å². The van der Waals surface area contributed by atoms with E-state index in [-0.39, 0.29) is 18.3 Å². The van der Waals surface area contributed by atoms with Gasteiger partial charge >= 0.3 is 0 Å². The van der Waals surface area contributed by atoms with Gasteiger partial charge in [-0.05, 0) is 49.9 Å². The van der Waals surface area contributed by atoms with Crippen LogP contribution >= 0.6 is 0 Å². The number of hydrogen-bond acceptors (Lipinski definition) is 4. The van der Waals surface area contributed by atoms with Crippen LogP contribution in [0, 0.1) is 5.82 Å². The van der Waals surface area contributed by atoms with E-state index in [9.17, 15) is 14.3 Å². The molecule has 3 rings (SSSR count). The summed E-state index contributed by atoms with van der Waals surface area (Å²) in [7, 11) is 0. The quantitative estimate of drug-likeness (QED) is 0.920. The molecule has 23 heavy (non-hydrogen) atoms. The van der Waals surface area contributed by atoms with E-state index >= 15 is 0 Å². The van der Waals surface area contributed by atoms with Gasteiger partial charge in [-0.1, -0.05) is 0 Å². The summed E-state index contributed by atoms with van der Waals surface area (Å²) in [5.41, 5.74) is -0.479. The number of aliphatic hydroxyl groups excluding tert-OH is 1. The lowest BCUT2D eigenvalue weighted by Gasteiger charge is -2.46. The topological polar surface area (TPSA) is 59.0 Å². The van der Waals surface area contributed by atoms with E-state index in [0.29, 0.717) is 38.3 Å². The molecule has 126 valence electrons. The first-order chi connectivity index (χ1) is 11.1. The summed E-state index contributed by atoms with van der Waals surface area (Å²) in [6, 6.07) is 5.60. The summed E-state index contributed by atoms with van der Waals surface area (Å²) in [6.07, 6.45) is 2.51. The molecule has 0 aromatic heterocycles.